The Labute approximate surface area is 143 Å². The van der Waals surface area contributed by atoms with Gasteiger partial charge in [0.1, 0.15) is 0 Å². The lowest BCUT2D eigenvalue weighted by Gasteiger charge is -2.34. The van der Waals surface area contributed by atoms with E-state index in [1.807, 2.05) is 22.6 Å². The average molecular weight is 329 g/mol. The Morgan fingerprint density at radius 3 is 2.54 bits per heavy atom. The summed E-state index contributed by atoms with van der Waals surface area (Å²) in [6, 6.07) is 2.38. The van der Waals surface area contributed by atoms with Crippen LogP contribution >= 0.6 is 0 Å². The molecule has 1 unspecified atom stereocenters. The SMILES string of the molecule is Cc1nc2c(cnn2C(C)C)cc1C(=O)N1CCC(C(C)N)CC1. The van der Waals surface area contributed by atoms with E-state index in [9.17, 15) is 4.79 Å². The fourth-order valence-corrected chi connectivity index (χ4v) is 3.46. The molecule has 1 aliphatic rings. The van der Waals surface area contributed by atoms with E-state index in [0.29, 0.717) is 11.5 Å². The van der Waals surface area contributed by atoms with Crippen LogP contribution in [0.3, 0.4) is 0 Å². The Morgan fingerprint density at radius 1 is 1.29 bits per heavy atom. The molecule has 1 atom stereocenters. The number of fused-ring (bicyclic) bond motifs is 1. The molecule has 1 aliphatic heterocycles. The summed E-state index contributed by atoms with van der Waals surface area (Å²) < 4.78 is 1.89. The minimum atomic E-state index is 0.0716. The van der Waals surface area contributed by atoms with Crippen LogP contribution in [0.25, 0.3) is 11.0 Å². The molecule has 0 aliphatic carbocycles. The predicted octanol–water partition coefficient (Wildman–Crippen LogP) is 2.52. The average Bonchev–Trinajstić information content (AvgIpc) is 2.96. The van der Waals surface area contributed by atoms with E-state index in [1.54, 1.807) is 6.20 Å². The summed E-state index contributed by atoms with van der Waals surface area (Å²) in [5, 5.41) is 5.31. The number of aryl methyl sites for hydroxylation is 1. The number of nitrogens with zero attached hydrogens (tertiary/aromatic N) is 4. The van der Waals surface area contributed by atoms with Gasteiger partial charge in [-0.3, -0.25) is 4.79 Å². The highest BCUT2D eigenvalue weighted by atomic mass is 16.2. The van der Waals surface area contributed by atoms with Crippen molar-refractivity contribution in [1.29, 1.82) is 0 Å². The van der Waals surface area contributed by atoms with Crippen LogP contribution in [0.15, 0.2) is 12.3 Å². The van der Waals surface area contributed by atoms with Gasteiger partial charge >= 0.3 is 0 Å². The molecule has 130 valence electrons. The van der Waals surface area contributed by atoms with Crippen LogP contribution in [0, 0.1) is 12.8 Å². The predicted molar refractivity (Wildman–Crippen MR) is 94.9 cm³/mol. The number of aromatic nitrogens is 3. The molecular formula is C18H27N5O. The number of rotatable bonds is 3. The summed E-state index contributed by atoms with van der Waals surface area (Å²) in [5.41, 5.74) is 8.29. The van der Waals surface area contributed by atoms with Crippen molar-refractivity contribution in [2.75, 3.05) is 13.1 Å². The Hall–Kier alpha value is -1.95. The van der Waals surface area contributed by atoms with Crippen molar-refractivity contribution in [3.63, 3.8) is 0 Å². The van der Waals surface area contributed by atoms with Gasteiger partial charge in [-0.1, -0.05) is 0 Å². The molecule has 0 bridgehead atoms. The number of pyridine rings is 1. The van der Waals surface area contributed by atoms with Crippen molar-refractivity contribution in [1.82, 2.24) is 19.7 Å². The van der Waals surface area contributed by atoms with E-state index >= 15 is 0 Å². The van der Waals surface area contributed by atoms with Crippen molar-refractivity contribution >= 4 is 16.9 Å². The molecular weight excluding hydrogens is 302 g/mol. The number of amides is 1. The minimum Gasteiger partial charge on any atom is -0.339 e. The molecule has 2 N–H and O–H groups in total. The van der Waals surface area contributed by atoms with Gasteiger partial charge in [-0.2, -0.15) is 5.10 Å². The van der Waals surface area contributed by atoms with Gasteiger partial charge in [-0.15, -0.1) is 0 Å². The number of carbonyl (C=O) groups excluding carboxylic acids is 1. The smallest absolute Gasteiger partial charge is 0.255 e. The van der Waals surface area contributed by atoms with Gasteiger partial charge < -0.3 is 10.6 Å². The number of piperidine rings is 1. The van der Waals surface area contributed by atoms with Crippen molar-refractivity contribution in [2.45, 2.75) is 52.6 Å². The molecule has 0 spiro atoms. The number of hydrogen-bond acceptors (Lipinski definition) is 4. The van der Waals surface area contributed by atoms with Crippen LogP contribution in [0.2, 0.25) is 0 Å². The summed E-state index contributed by atoms with van der Waals surface area (Å²) in [4.78, 5) is 19.5. The van der Waals surface area contributed by atoms with E-state index in [2.05, 4.69) is 30.9 Å². The molecule has 3 heterocycles. The Balaban J connectivity index is 1.84. The third-order valence-electron chi connectivity index (χ3n) is 5.05. The summed E-state index contributed by atoms with van der Waals surface area (Å²) in [6.45, 7) is 9.65. The van der Waals surface area contributed by atoms with Gasteiger partial charge in [0, 0.05) is 30.6 Å². The first kappa shape index (κ1) is 16.9. The van der Waals surface area contributed by atoms with Crippen LogP contribution in [0.4, 0.5) is 0 Å². The quantitative estimate of drug-likeness (QED) is 0.938. The van der Waals surface area contributed by atoms with E-state index in [-0.39, 0.29) is 18.0 Å². The van der Waals surface area contributed by atoms with E-state index in [4.69, 9.17) is 5.73 Å². The summed E-state index contributed by atoms with van der Waals surface area (Å²) >= 11 is 0. The molecule has 2 aromatic heterocycles. The molecule has 3 rings (SSSR count). The van der Waals surface area contributed by atoms with E-state index < -0.39 is 0 Å². The summed E-state index contributed by atoms with van der Waals surface area (Å²) in [7, 11) is 0. The molecule has 6 heteroatoms. The van der Waals surface area contributed by atoms with Crippen LogP contribution in [-0.2, 0) is 0 Å². The van der Waals surface area contributed by atoms with Crippen molar-refractivity contribution < 1.29 is 4.79 Å². The molecule has 1 fully saturated rings. The first-order valence-corrected chi connectivity index (χ1v) is 8.78. The topological polar surface area (TPSA) is 77.0 Å². The highest BCUT2D eigenvalue weighted by molar-refractivity contribution is 5.98. The third-order valence-corrected chi connectivity index (χ3v) is 5.05. The Morgan fingerprint density at radius 2 is 1.96 bits per heavy atom. The second kappa shape index (κ2) is 6.51. The lowest BCUT2D eigenvalue weighted by Crippen LogP contribution is -2.42. The lowest BCUT2D eigenvalue weighted by atomic mass is 9.90. The maximum Gasteiger partial charge on any atom is 0.255 e. The fraction of sp³-hybridized carbons (Fsp3) is 0.611. The first-order chi connectivity index (χ1) is 11.4. The maximum atomic E-state index is 12.9. The van der Waals surface area contributed by atoms with E-state index in [1.165, 1.54) is 0 Å². The zero-order valence-corrected chi connectivity index (χ0v) is 15.0. The molecule has 6 nitrogen and oxygen atoms in total. The molecule has 0 aromatic carbocycles. The monoisotopic (exact) mass is 329 g/mol. The number of hydrogen-bond donors (Lipinski definition) is 1. The summed E-state index contributed by atoms with van der Waals surface area (Å²) in [5.74, 6) is 0.586. The zero-order chi connectivity index (χ0) is 17.4. The minimum absolute atomic E-state index is 0.0716. The van der Waals surface area contributed by atoms with Gasteiger partial charge in [0.15, 0.2) is 5.65 Å². The number of carbonyl (C=O) groups is 1. The Bertz CT molecular complexity index is 741. The summed E-state index contributed by atoms with van der Waals surface area (Å²) in [6.07, 6.45) is 3.74. The van der Waals surface area contributed by atoms with Crippen molar-refractivity contribution in [3.05, 3.63) is 23.5 Å². The first-order valence-electron chi connectivity index (χ1n) is 8.78. The van der Waals surface area contributed by atoms with Gasteiger partial charge in [0.25, 0.3) is 5.91 Å². The van der Waals surface area contributed by atoms with Crippen molar-refractivity contribution in [2.24, 2.45) is 11.7 Å². The third kappa shape index (κ3) is 3.02. The second-order valence-electron chi connectivity index (χ2n) is 7.21. The second-order valence-corrected chi connectivity index (χ2v) is 7.21. The molecule has 1 saturated heterocycles. The van der Waals surface area contributed by atoms with Crippen LogP contribution in [0.5, 0.6) is 0 Å². The fourth-order valence-electron chi connectivity index (χ4n) is 3.46. The molecule has 2 aromatic rings. The molecule has 0 radical (unpaired) electrons. The van der Waals surface area contributed by atoms with Crippen LogP contribution in [0.1, 0.15) is 55.7 Å². The van der Waals surface area contributed by atoms with Gasteiger partial charge in [-0.05, 0) is 52.5 Å². The molecule has 24 heavy (non-hydrogen) atoms. The van der Waals surface area contributed by atoms with Gasteiger partial charge in [0.2, 0.25) is 0 Å². The van der Waals surface area contributed by atoms with Gasteiger partial charge in [-0.25, -0.2) is 9.67 Å². The molecule has 1 amide bonds. The maximum absolute atomic E-state index is 12.9. The highest BCUT2D eigenvalue weighted by Crippen LogP contribution is 2.24. The largest absolute Gasteiger partial charge is 0.339 e. The van der Waals surface area contributed by atoms with Gasteiger partial charge in [0.05, 0.1) is 17.5 Å². The van der Waals surface area contributed by atoms with Crippen LogP contribution in [-0.4, -0.2) is 44.7 Å². The van der Waals surface area contributed by atoms with Crippen molar-refractivity contribution in [3.8, 4) is 0 Å². The zero-order valence-electron chi connectivity index (χ0n) is 15.0. The standard InChI is InChI=1S/C18H27N5O/c1-11(2)23-17-15(10-20-23)9-16(13(4)21-17)18(24)22-7-5-14(6-8-22)12(3)19/h9-12,14H,5-8,19H2,1-4H3. The lowest BCUT2D eigenvalue weighted by molar-refractivity contribution is 0.0680. The Kier molecular flexibility index (Phi) is 4.58. The van der Waals surface area contributed by atoms with Crippen LogP contribution < -0.4 is 5.73 Å². The van der Waals surface area contributed by atoms with E-state index in [0.717, 1.165) is 42.7 Å². The number of likely N-dealkylation sites (tertiary alicyclic amines) is 1. The highest BCUT2D eigenvalue weighted by Gasteiger charge is 2.27. The molecule has 0 saturated carbocycles. The normalized spacial score (nSPS) is 17.7. The number of nitrogens with two attached hydrogens (primary N) is 1.